The zero-order valence-electron chi connectivity index (χ0n) is 14.3. The fourth-order valence-electron chi connectivity index (χ4n) is 2.07. The van der Waals surface area contributed by atoms with Crippen LogP contribution in [0.25, 0.3) is 0 Å². The maximum absolute atomic E-state index is 13.6. The Hall–Kier alpha value is -3.36. The molecule has 2 N–H and O–H groups in total. The minimum Gasteiger partial charge on any atom is -0.449 e. The topological polar surface area (TPSA) is 84.5 Å². The van der Waals surface area contributed by atoms with Crippen LogP contribution in [0.5, 0.6) is 0 Å². The highest BCUT2D eigenvalue weighted by atomic mass is 19.2. The first-order chi connectivity index (χ1) is 12.7. The minimum absolute atomic E-state index is 0.0694. The third kappa shape index (κ3) is 5.06. The monoisotopic (exact) mass is 380 g/mol. The molecule has 27 heavy (non-hydrogen) atoms. The van der Waals surface area contributed by atoms with Crippen molar-refractivity contribution in [2.45, 2.75) is 20.0 Å². The van der Waals surface area contributed by atoms with E-state index in [9.17, 15) is 27.6 Å². The van der Waals surface area contributed by atoms with Crippen molar-refractivity contribution in [2.24, 2.45) is 0 Å². The predicted molar refractivity (Wildman–Crippen MR) is 90.6 cm³/mol. The molecule has 2 aromatic carbocycles. The maximum Gasteiger partial charge on any atom is 0.338 e. The molecule has 0 saturated heterocycles. The summed E-state index contributed by atoms with van der Waals surface area (Å²) in [5, 5.41) is 4.51. The summed E-state index contributed by atoms with van der Waals surface area (Å²) < 4.78 is 44.7. The van der Waals surface area contributed by atoms with Crippen molar-refractivity contribution >= 4 is 29.2 Å². The number of esters is 1. The molecule has 9 heteroatoms. The summed E-state index contributed by atoms with van der Waals surface area (Å²) in [6.45, 7) is 2.53. The van der Waals surface area contributed by atoms with Crippen molar-refractivity contribution in [2.75, 3.05) is 10.6 Å². The summed E-state index contributed by atoms with van der Waals surface area (Å²) in [5.74, 6) is -6.83. The molecule has 0 unspecified atom stereocenters. The molecule has 0 fully saturated rings. The number of nitrogens with one attached hydrogen (secondary N) is 2. The molecular weight excluding hydrogens is 365 g/mol. The molecule has 0 radical (unpaired) electrons. The van der Waals surface area contributed by atoms with E-state index in [4.69, 9.17) is 4.74 Å². The van der Waals surface area contributed by atoms with Crippen LogP contribution in [-0.2, 0) is 14.3 Å². The Morgan fingerprint density at radius 1 is 1.00 bits per heavy atom. The van der Waals surface area contributed by atoms with Crippen molar-refractivity contribution in [1.29, 1.82) is 0 Å². The quantitative estimate of drug-likeness (QED) is 0.616. The van der Waals surface area contributed by atoms with Gasteiger partial charge in [-0.15, -0.1) is 0 Å². The lowest BCUT2D eigenvalue weighted by Crippen LogP contribution is -2.30. The molecular formula is C18H15F3N2O4. The first-order valence-electron chi connectivity index (χ1n) is 7.72. The summed E-state index contributed by atoms with van der Waals surface area (Å²) >= 11 is 0. The van der Waals surface area contributed by atoms with Crippen LogP contribution in [0.15, 0.2) is 36.4 Å². The zero-order valence-corrected chi connectivity index (χ0v) is 14.3. The Kier molecular flexibility index (Phi) is 6.17. The molecule has 2 aromatic rings. The van der Waals surface area contributed by atoms with Crippen LogP contribution < -0.4 is 10.6 Å². The van der Waals surface area contributed by atoms with Gasteiger partial charge in [0.25, 0.3) is 5.91 Å². The maximum atomic E-state index is 13.6. The molecule has 2 rings (SSSR count). The number of ether oxygens (including phenoxy) is 1. The van der Waals surface area contributed by atoms with Gasteiger partial charge in [0.1, 0.15) is 0 Å². The molecule has 142 valence electrons. The van der Waals surface area contributed by atoms with Crippen molar-refractivity contribution in [3.05, 3.63) is 59.4 Å². The van der Waals surface area contributed by atoms with E-state index in [1.165, 1.54) is 32.0 Å². The highest BCUT2D eigenvalue weighted by Gasteiger charge is 2.22. The number of rotatable bonds is 5. The van der Waals surface area contributed by atoms with Gasteiger partial charge in [-0.25, -0.2) is 18.0 Å². The number of benzene rings is 2. The lowest BCUT2D eigenvalue weighted by atomic mass is 10.2. The Morgan fingerprint density at radius 2 is 1.70 bits per heavy atom. The van der Waals surface area contributed by atoms with Crippen LogP contribution in [0, 0.1) is 17.5 Å². The van der Waals surface area contributed by atoms with Gasteiger partial charge in [0.05, 0.1) is 11.3 Å². The van der Waals surface area contributed by atoms with Crippen molar-refractivity contribution in [3.8, 4) is 0 Å². The van der Waals surface area contributed by atoms with Gasteiger partial charge in [-0.3, -0.25) is 9.59 Å². The molecule has 0 aliphatic rings. The Morgan fingerprint density at radius 3 is 2.37 bits per heavy atom. The van der Waals surface area contributed by atoms with Crippen LogP contribution in [0.4, 0.5) is 24.5 Å². The van der Waals surface area contributed by atoms with Crippen LogP contribution in [0.2, 0.25) is 0 Å². The van der Waals surface area contributed by atoms with E-state index in [-0.39, 0.29) is 11.5 Å². The predicted octanol–water partition coefficient (Wildman–Crippen LogP) is 3.25. The number of anilines is 2. The second-order valence-corrected chi connectivity index (χ2v) is 5.52. The van der Waals surface area contributed by atoms with Crippen LogP contribution in [0.3, 0.4) is 0 Å². The number of halogens is 3. The lowest BCUT2D eigenvalue weighted by molar-refractivity contribution is -0.123. The average molecular weight is 380 g/mol. The van der Waals surface area contributed by atoms with E-state index in [0.29, 0.717) is 11.8 Å². The van der Waals surface area contributed by atoms with Crippen LogP contribution in [0.1, 0.15) is 24.2 Å². The molecule has 0 aromatic heterocycles. The fraction of sp³-hybridized carbons (Fsp3) is 0.167. The second-order valence-electron chi connectivity index (χ2n) is 5.52. The third-order valence-electron chi connectivity index (χ3n) is 3.36. The summed E-state index contributed by atoms with van der Waals surface area (Å²) in [4.78, 5) is 35.2. The number of hydrogen-bond donors (Lipinski definition) is 2. The highest BCUT2D eigenvalue weighted by Crippen LogP contribution is 2.20. The fourth-order valence-corrected chi connectivity index (χ4v) is 2.07. The van der Waals surface area contributed by atoms with Gasteiger partial charge in [-0.05, 0) is 37.3 Å². The highest BCUT2D eigenvalue weighted by molar-refractivity contribution is 5.98. The first kappa shape index (κ1) is 20.0. The van der Waals surface area contributed by atoms with Gasteiger partial charge < -0.3 is 15.4 Å². The van der Waals surface area contributed by atoms with E-state index in [0.717, 1.165) is 6.07 Å². The zero-order chi connectivity index (χ0) is 20.1. The third-order valence-corrected chi connectivity index (χ3v) is 3.36. The first-order valence-corrected chi connectivity index (χ1v) is 7.72. The molecule has 0 spiro atoms. The Balaban J connectivity index is 2.05. The van der Waals surface area contributed by atoms with E-state index in [1.807, 2.05) is 5.32 Å². The van der Waals surface area contributed by atoms with Gasteiger partial charge in [0.2, 0.25) is 5.91 Å². The smallest absolute Gasteiger partial charge is 0.338 e. The normalized spacial score (nSPS) is 11.4. The van der Waals surface area contributed by atoms with E-state index >= 15 is 0 Å². The number of carbonyl (C=O) groups is 3. The summed E-state index contributed by atoms with van der Waals surface area (Å²) in [7, 11) is 0. The Labute approximate surface area is 152 Å². The molecule has 6 nitrogen and oxygen atoms in total. The standard InChI is InChI=1S/C18H15F3N2O4/c1-9(17(25)23-14-7-6-13(19)15(20)16(14)21)27-18(26)11-4-3-5-12(8-11)22-10(2)24/h3-9H,1-2H3,(H,22,24)(H,23,25)/t9-/m1/s1. The number of amides is 2. The van der Waals surface area contributed by atoms with Gasteiger partial charge in [0.15, 0.2) is 23.6 Å². The number of hydrogen-bond acceptors (Lipinski definition) is 4. The van der Waals surface area contributed by atoms with Crippen molar-refractivity contribution < 1.29 is 32.3 Å². The van der Waals surface area contributed by atoms with Crippen LogP contribution in [-0.4, -0.2) is 23.9 Å². The SMILES string of the molecule is CC(=O)Nc1cccc(C(=O)O[C@H](C)C(=O)Nc2ccc(F)c(F)c2F)c1. The van der Waals surface area contributed by atoms with Gasteiger partial charge in [-0.1, -0.05) is 6.07 Å². The van der Waals surface area contributed by atoms with Crippen molar-refractivity contribution in [3.63, 3.8) is 0 Å². The molecule has 0 heterocycles. The average Bonchev–Trinajstić information content (AvgIpc) is 2.61. The summed E-state index contributed by atoms with van der Waals surface area (Å²) in [5.41, 5.74) is -0.160. The molecule has 0 aliphatic heterocycles. The molecule has 0 bridgehead atoms. The van der Waals surface area contributed by atoms with Crippen molar-refractivity contribution in [1.82, 2.24) is 0 Å². The number of carbonyl (C=O) groups excluding carboxylic acids is 3. The van der Waals surface area contributed by atoms with Crippen LogP contribution >= 0.6 is 0 Å². The van der Waals surface area contributed by atoms with Gasteiger partial charge >= 0.3 is 5.97 Å². The minimum atomic E-state index is -1.73. The summed E-state index contributed by atoms with van der Waals surface area (Å²) in [6, 6.07) is 7.31. The Bertz CT molecular complexity index is 902. The van der Waals surface area contributed by atoms with E-state index in [1.54, 1.807) is 6.07 Å². The second kappa shape index (κ2) is 8.35. The lowest BCUT2D eigenvalue weighted by Gasteiger charge is -2.14. The molecule has 1 atom stereocenters. The van der Waals surface area contributed by atoms with Gasteiger partial charge in [-0.2, -0.15) is 0 Å². The van der Waals surface area contributed by atoms with E-state index in [2.05, 4.69) is 5.32 Å². The van der Waals surface area contributed by atoms with E-state index < -0.39 is 41.1 Å². The largest absolute Gasteiger partial charge is 0.449 e. The molecule has 2 amide bonds. The molecule has 0 saturated carbocycles. The van der Waals surface area contributed by atoms with Gasteiger partial charge in [0, 0.05) is 12.6 Å². The molecule has 0 aliphatic carbocycles. The summed E-state index contributed by atoms with van der Waals surface area (Å²) in [6.07, 6.45) is -1.35.